The Balaban J connectivity index is 2.11. The van der Waals surface area contributed by atoms with Gasteiger partial charge in [-0.15, -0.1) is 0 Å². The topological polar surface area (TPSA) is 105 Å². The molecule has 3 aliphatic rings. The Morgan fingerprint density at radius 1 is 1.27 bits per heavy atom. The molecule has 0 saturated carbocycles. The van der Waals surface area contributed by atoms with Crippen molar-refractivity contribution in [3.63, 3.8) is 0 Å². The van der Waals surface area contributed by atoms with Crippen LogP contribution in [0.25, 0.3) is 0 Å². The summed E-state index contributed by atoms with van der Waals surface area (Å²) in [6, 6.07) is 7.30. The number of nitrogens with one attached hydrogen (secondary N) is 1. The molecule has 132 valence electrons. The Morgan fingerprint density at radius 3 is 2.69 bits per heavy atom. The van der Waals surface area contributed by atoms with Gasteiger partial charge in [0.15, 0.2) is 11.5 Å². The fraction of sp³-hybridized carbons (Fsp3) is 0.350. The molecule has 1 unspecified atom stereocenters. The summed E-state index contributed by atoms with van der Waals surface area (Å²) in [6.07, 6.45) is 0.816. The molecule has 1 spiro atoms. The number of nitrogens with zero attached hydrogens (tertiary/aromatic N) is 1. The predicted octanol–water partition coefficient (Wildman–Crippen LogP) is 2.93. The molecule has 1 aliphatic carbocycles. The number of anilines is 2. The van der Waals surface area contributed by atoms with E-state index in [0.29, 0.717) is 35.4 Å². The lowest BCUT2D eigenvalue weighted by Crippen LogP contribution is -2.46. The summed E-state index contributed by atoms with van der Waals surface area (Å²) in [4.78, 5) is 26.0. The molecule has 0 fully saturated rings. The number of Topliss-reactive ketones (excluding diaryl/α,β-unsaturated/α-hetero) is 1. The fourth-order valence-corrected chi connectivity index (χ4v) is 4.37. The van der Waals surface area contributed by atoms with Crippen LogP contribution in [0.4, 0.5) is 11.4 Å². The average molecular weight is 349 g/mol. The number of fused-ring (bicyclic) bond motifs is 3. The van der Waals surface area contributed by atoms with Crippen molar-refractivity contribution < 1.29 is 14.3 Å². The van der Waals surface area contributed by atoms with Crippen LogP contribution in [0.5, 0.6) is 0 Å². The van der Waals surface area contributed by atoms with E-state index in [9.17, 15) is 14.9 Å². The van der Waals surface area contributed by atoms with Gasteiger partial charge in [-0.2, -0.15) is 5.26 Å². The maximum atomic E-state index is 13.3. The van der Waals surface area contributed by atoms with Crippen LogP contribution in [0.2, 0.25) is 0 Å². The summed E-state index contributed by atoms with van der Waals surface area (Å²) in [5, 5.41) is 12.7. The summed E-state index contributed by atoms with van der Waals surface area (Å²) >= 11 is 0. The number of ketones is 1. The van der Waals surface area contributed by atoms with Crippen molar-refractivity contribution in [1.29, 1.82) is 5.26 Å². The molecule has 2 aliphatic heterocycles. The van der Waals surface area contributed by atoms with Crippen LogP contribution < -0.4 is 11.1 Å². The number of rotatable bonds is 0. The average Bonchev–Trinajstić information content (AvgIpc) is 2.82. The first kappa shape index (κ1) is 16.4. The third-order valence-electron chi connectivity index (χ3n) is 5.40. The number of hydrogen-bond acceptors (Lipinski definition) is 5. The Morgan fingerprint density at radius 2 is 2.00 bits per heavy atom. The minimum atomic E-state index is -1.36. The molecule has 6 heteroatoms. The predicted molar refractivity (Wildman–Crippen MR) is 95.6 cm³/mol. The van der Waals surface area contributed by atoms with Gasteiger partial charge < -0.3 is 15.8 Å². The minimum Gasteiger partial charge on any atom is -0.457 e. The van der Waals surface area contributed by atoms with Crippen LogP contribution in [0, 0.1) is 16.7 Å². The van der Waals surface area contributed by atoms with Crippen molar-refractivity contribution in [2.24, 2.45) is 5.41 Å². The van der Waals surface area contributed by atoms with Gasteiger partial charge in [-0.25, -0.2) is 0 Å². The van der Waals surface area contributed by atoms with E-state index in [1.165, 1.54) is 0 Å². The second kappa shape index (κ2) is 4.98. The van der Waals surface area contributed by atoms with Gasteiger partial charge >= 0.3 is 0 Å². The summed E-state index contributed by atoms with van der Waals surface area (Å²) in [5.41, 5.74) is 6.77. The molecule has 0 saturated heterocycles. The van der Waals surface area contributed by atoms with Crippen LogP contribution in [-0.2, 0) is 19.7 Å². The van der Waals surface area contributed by atoms with Crippen LogP contribution in [0.15, 0.2) is 40.9 Å². The lowest BCUT2D eigenvalue weighted by atomic mass is 9.61. The van der Waals surface area contributed by atoms with Crippen LogP contribution in [-0.4, -0.2) is 11.7 Å². The zero-order valence-corrected chi connectivity index (χ0v) is 14.9. The van der Waals surface area contributed by atoms with Crippen LogP contribution in [0.3, 0.4) is 0 Å². The first-order valence-corrected chi connectivity index (χ1v) is 8.48. The van der Waals surface area contributed by atoms with Gasteiger partial charge in [-0.1, -0.05) is 13.8 Å². The fourth-order valence-electron chi connectivity index (χ4n) is 4.37. The SMILES string of the molecule is CC1=C(C#N)C2(C(=O)Nc3ccc(N)cc32)C2=C(O1)C(=O)CC(C)(C)C2. The number of carbonyl (C=O) groups excluding carboxylic acids is 2. The smallest absolute Gasteiger partial charge is 0.244 e. The summed E-state index contributed by atoms with van der Waals surface area (Å²) in [6.45, 7) is 5.58. The molecule has 1 aromatic rings. The van der Waals surface area contributed by atoms with Crippen molar-refractivity contribution in [2.45, 2.75) is 39.0 Å². The Bertz CT molecular complexity index is 994. The van der Waals surface area contributed by atoms with E-state index >= 15 is 0 Å². The zero-order valence-electron chi connectivity index (χ0n) is 14.9. The highest BCUT2D eigenvalue weighted by molar-refractivity contribution is 6.14. The number of nitriles is 1. The minimum absolute atomic E-state index is 0.142. The molecule has 1 amide bonds. The van der Waals surface area contributed by atoms with Gasteiger partial charge in [-0.05, 0) is 37.0 Å². The Labute approximate surface area is 151 Å². The van der Waals surface area contributed by atoms with Crippen LogP contribution >= 0.6 is 0 Å². The summed E-state index contributed by atoms with van der Waals surface area (Å²) in [7, 11) is 0. The molecule has 2 heterocycles. The van der Waals surface area contributed by atoms with Crippen molar-refractivity contribution in [1.82, 2.24) is 0 Å². The number of nitrogens with two attached hydrogens (primary N) is 1. The molecule has 0 radical (unpaired) electrons. The second-order valence-corrected chi connectivity index (χ2v) is 7.90. The van der Waals surface area contributed by atoms with E-state index in [1.807, 2.05) is 13.8 Å². The third-order valence-corrected chi connectivity index (χ3v) is 5.40. The van der Waals surface area contributed by atoms with E-state index in [1.54, 1.807) is 25.1 Å². The number of benzene rings is 1. The van der Waals surface area contributed by atoms with E-state index in [4.69, 9.17) is 10.5 Å². The normalized spacial score (nSPS) is 26.2. The number of hydrogen-bond donors (Lipinski definition) is 2. The van der Waals surface area contributed by atoms with E-state index in [2.05, 4.69) is 11.4 Å². The molecule has 3 N–H and O–H groups in total. The lowest BCUT2D eigenvalue weighted by Gasteiger charge is -2.42. The van der Waals surface area contributed by atoms with Crippen molar-refractivity contribution in [3.05, 3.63) is 46.4 Å². The molecular weight excluding hydrogens is 330 g/mol. The molecule has 4 rings (SSSR count). The monoisotopic (exact) mass is 349 g/mol. The van der Waals surface area contributed by atoms with Crippen molar-refractivity contribution >= 4 is 23.1 Å². The maximum absolute atomic E-state index is 13.3. The molecule has 0 bridgehead atoms. The van der Waals surface area contributed by atoms with Gasteiger partial charge in [0.2, 0.25) is 5.91 Å². The van der Waals surface area contributed by atoms with Crippen LogP contribution in [0.1, 0.15) is 39.2 Å². The highest BCUT2D eigenvalue weighted by atomic mass is 16.5. The Kier molecular flexibility index (Phi) is 3.14. The Hall–Kier alpha value is -3.07. The molecule has 26 heavy (non-hydrogen) atoms. The lowest BCUT2D eigenvalue weighted by molar-refractivity contribution is -0.122. The highest BCUT2D eigenvalue weighted by Crippen LogP contribution is 2.57. The van der Waals surface area contributed by atoms with Crippen molar-refractivity contribution in [3.8, 4) is 6.07 Å². The van der Waals surface area contributed by atoms with Gasteiger partial charge in [0.1, 0.15) is 17.2 Å². The number of ether oxygens (including phenoxy) is 1. The van der Waals surface area contributed by atoms with E-state index in [-0.39, 0.29) is 34.2 Å². The van der Waals surface area contributed by atoms with Gasteiger partial charge in [-0.3, -0.25) is 9.59 Å². The molecular formula is C20H19N3O3. The third kappa shape index (κ3) is 1.91. The first-order valence-electron chi connectivity index (χ1n) is 8.48. The molecule has 6 nitrogen and oxygen atoms in total. The zero-order chi connectivity index (χ0) is 18.9. The standard InChI is InChI=1S/C20H19N3O3/c1-10-14(9-21)20(12-6-11(22)4-5-15(12)23-18(20)25)13-7-19(2,3)8-16(24)17(13)26-10/h4-6H,7-8,22H2,1-3H3,(H,23,25). The van der Waals surface area contributed by atoms with E-state index < -0.39 is 5.41 Å². The number of nitrogen functional groups attached to an aromatic ring is 1. The molecule has 0 aromatic heterocycles. The highest BCUT2D eigenvalue weighted by Gasteiger charge is 2.59. The van der Waals surface area contributed by atoms with Gasteiger partial charge in [0.05, 0.1) is 5.57 Å². The summed E-state index contributed by atoms with van der Waals surface area (Å²) < 4.78 is 5.76. The number of allylic oxidation sites excluding steroid dienone is 2. The molecule has 1 aromatic carbocycles. The number of carbonyl (C=O) groups is 2. The van der Waals surface area contributed by atoms with Crippen molar-refractivity contribution in [2.75, 3.05) is 11.1 Å². The van der Waals surface area contributed by atoms with Gasteiger partial charge in [0.25, 0.3) is 0 Å². The van der Waals surface area contributed by atoms with Gasteiger partial charge in [0, 0.05) is 28.9 Å². The first-order chi connectivity index (χ1) is 12.2. The second-order valence-electron chi connectivity index (χ2n) is 7.90. The molecule has 1 atom stereocenters. The van der Waals surface area contributed by atoms with E-state index in [0.717, 1.165) is 0 Å². The summed E-state index contributed by atoms with van der Waals surface area (Å²) in [5.74, 6) is 0.00315. The maximum Gasteiger partial charge on any atom is 0.244 e. The largest absolute Gasteiger partial charge is 0.457 e. The number of amides is 1. The quantitative estimate of drug-likeness (QED) is 0.701.